The highest BCUT2D eigenvalue weighted by Crippen LogP contribution is 2.36. The highest BCUT2D eigenvalue weighted by Gasteiger charge is 2.35. The summed E-state index contributed by atoms with van der Waals surface area (Å²) in [5, 5.41) is 3.64. The first kappa shape index (κ1) is 24.5. The van der Waals surface area contributed by atoms with E-state index in [2.05, 4.69) is 59.5 Å². The summed E-state index contributed by atoms with van der Waals surface area (Å²) >= 11 is 0. The molecule has 164 valence electrons. The number of para-hydroxylation sites is 1. The molecule has 0 aromatic heterocycles. The molecular formula is C24H34IN3O2. The van der Waals surface area contributed by atoms with Crippen molar-refractivity contribution in [2.45, 2.75) is 31.7 Å². The predicted octanol–water partition coefficient (Wildman–Crippen LogP) is 4.38. The van der Waals surface area contributed by atoms with Crippen LogP contribution in [0.1, 0.15) is 29.5 Å². The van der Waals surface area contributed by atoms with Crippen LogP contribution in [0.15, 0.2) is 53.5 Å². The minimum absolute atomic E-state index is 0. The standard InChI is InChI=1S/C24H33N3O2.HI/c1-19-9-5-7-11-21(19)24(13-15-29-16-14-24)18-26-23(25-2)27(3)17-20-10-6-8-12-22(20)28-4;/h5-12H,13-18H2,1-4H3,(H,25,26);1H. The summed E-state index contributed by atoms with van der Waals surface area (Å²) < 4.78 is 11.2. The number of rotatable bonds is 6. The van der Waals surface area contributed by atoms with Crippen molar-refractivity contribution in [2.75, 3.05) is 41.0 Å². The number of hydrogen-bond donors (Lipinski definition) is 1. The van der Waals surface area contributed by atoms with Gasteiger partial charge in [-0.3, -0.25) is 4.99 Å². The Morgan fingerprint density at radius 3 is 2.47 bits per heavy atom. The highest BCUT2D eigenvalue weighted by atomic mass is 127. The van der Waals surface area contributed by atoms with Gasteiger partial charge in [0.15, 0.2) is 5.96 Å². The van der Waals surface area contributed by atoms with Crippen molar-refractivity contribution in [3.8, 4) is 5.75 Å². The maximum atomic E-state index is 5.69. The van der Waals surface area contributed by atoms with Gasteiger partial charge >= 0.3 is 0 Å². The van der Waals surface area contributed by atoms with Gasteiger partial charge in [0.2, 0.25) is 0 Å². The minimum atomic E-state index is 0. The van der Waals surface area contributed by atoms with Gasteiger partial charge in [-0.15, -0.1) is 24.0 Å². The van der Waals surface area contributed by atoms with Crippen LogP contribution in [0.5, 0.6) is 5.75 Å². The van der Waals surface area contributed by atoms with Crippen molar-refractivity contribution in [1.82, 2.24) is 10.2 Å². The van der Waals surface area contributed by atoms with Gasteiger partial charge in [-0.1, -0.05) is 42.5 Å². The van der Waals surface area contributed by atoms with Crippen LogP contribution >= 0.6 is 24.0 Å². The number of halogens is 1. The lowest BCUT2D eigenvalue weighted by molar-refractivity contribution is 0.0510. The van der Waals surface area contributed by atoms with Gasteiger partial charge in [0.25, 0.3) is 0 Å². The maximum absolute atomic E-state index is 5.69. The summed E-state index contributed by atoms with van der Waals surface area (Å²) in [6.07, 6.45) is 2.02. The number of nitrogens with zero attached hydrogens (tertiary/aromatic N) is 2. The Labute approximate surface area is 197 Å². The molecule has 0 radical (unpaired) electrons. The van der Waals surface area contributed by atoms with Gasteiger partial charge in [-0.25, -0.2) is 0 Å². The summed E-state index contributed by atoms with van der Waals surface area (Å²) in [6.45, 7) is 5.36. The average Bonchev–Trinajstić information content (AvgIpc) is 2.75. The lowest BCUT2D eigenvalue weighted by Gasteiger charge is -2.39. The molecule has 2 aromatic rings. The highest BCUT2D eigenvalue weighted by molar-refractivity contribution is 14.0. The molecule has 1 saturated heterocycles. The van der Waals surface area contributed by atoms with E-state index in [4.69, 9.17) is 9.47 Å². The molecule has 3 rings (SSSR count). The number of benzene rings is 2. The van der Waals surface area contributed by atoms with Crippen LogP contribution in [0.2, 0.25) is 0 Å². The summed E-state index contributed by atoms with van der Waals surface area (Å²) in [5.74, 6) is 1.78. The molecule has 1 heterocycles. The Morgan fingerprint density at radius 1 is 1.13 bits per heavy atom. The summed E-state index contributed by atoms with van der Waals surface area (Å²) in [6, 6.07) is 16.8. The van der Waals surface area contributed by atoms with Crippen LogP contribution in [0.3, 0.4) is 0 Å². The summed E-state index contributed by atoms with van der Waals surface area (Å²) in [5.41, 5.74) is 3.96. The first-order valence-electron chi connectivity index (χ1n) is 10.3. The molecule has 0 amide bonds. The Hall–Kier alpha value is -1.80. The molecule has 0 bridgehead atoms. The van der Waals surface area contributed by atoms with E-state index in [1.165, 1.54) is 11.1 Å². The van der Waals surface area contributed by atoms with Crippen molar-refractivity contribution in [2.24, 2.45) is 4.99 Å². The molecule has 0 spiro atoms. The van der Waals surface area contributed by atoms with Gasteiger partial charge in [0.05, 0.1) is 7.11 Å². The number of nitrogens with one attached hydrogen (secondary N) is 1. The second-order valence-electron chi connectivity index (χ2n) is 7.78. The van der Waals surface area contributed by atoms with E-state index in [-0.39, 0.29) is 29.4 Å². The van der Waals surface area contributed by atoms with Crippen molar-refractivity contribution >= 4 is 29.9 Å². The van der Waals surface area contributed by atoms with Crippen molar-refractivity contribution in [1.29, 1.82) is 0 Å². The zero-order valence-electron chi connectivity index (χ0n) is 18.5. The third kappa shape index (κ3) is 5.66. The first-order valence-corrected chi connectivity index (χ1v) is 10.3. The van der Waals surface area contributed by atoms with Gasteiger partial charge in [-0.05, 0) is 37.0 Å². The molecule has 0 saturated carbocycles. The van der Waals surface area contributed by atoms with E-state index in [1.54, 1.807) is 7.11 Å². The molecular weight excluding hydrogens is 489 g/mol. The molecule has 1 fully saturated rings. The number of aryl methyl sites for hydroxylation is 1. The van der Waals surface area contributed by atoms with E-state index in [9.17, 15) is 0 Å². The molecule has 0 unspecified atom stereocenters. The summed E-state index contributed by atoms with van der Waals surface area (Å²) in [7, 11) is 5.61. The van der Waals surface area contributed by atoms with Crippen LogP contribution < -0.4 is 10.1 Å². The zero-order valence-corrected chi connectivity index (χ0v) is 20.8. The third-order valence-corrected chi connectivity index (χ3v) is 5.92. The van der Waals surface area contributed by atoms with Gasteiger partial charge in [0.1, 0.15) is 5.75 Å². The zero-order chi connectivity index (χ0) is 20.7. The quantitative estimate of drug-likeness (QED) is 0.347. The SMILES string of the molecule is CN=C(NCC1(c2ccccc2C)CCOCC1)N(C)Cc1ccccc1OC.I. The fraction of sp³-hybridized carbons (Fsp3) is 0.458. The van der Waals surface area contributed by atoms with Crippen LogP contribution in [0.4, 0.5) is 0 Å². The lowest BCUT2D eigenvalue weighted by atomic mass is 9.72. The first-order chi connectivity index (χ1) is 14.1. The molecule has 30 heavy (non-hydrogen) atoms. The van der Waals surface area contributed by atoms with Crippen molar-refractivity contribution in [3.05, 3.63) is 65.2 Å². The van der Waals surface area contributed by atoms with E-state index < -0.39 is 0 Å². The molecule has 0 atom stereocenters. The number of hydrogen-bond acceptors (Lipinski definition) is 3. The van der Waals surface area contributed by atoms with E-state index >= 15 is 0 Å². The smallest absolute Gasteiger partial charge is 0.193 e. The van der Waals surface area contributed by atoms with E-state index in [0.29, 0.717) is 0 Å². The van der Waals surface area contributed by atoms with Crippen molar-refractivity contribution < 1.29 is 9.47 Å². The lowest BCUT2D eigenvalue weighted by Crippen LogP contribution is -2.48. The topological polar surface area (TPSA) is 46.1 Å². The fourth-order valence-electron chi connectivity index (χ4n) is 4.27. The van der Waals surface area contributed by atoms with Crippen LogP contribution in [0.25, 0.3) is 0 Å². The van der Waals surface area contributed by atoms with Gasteiger partial charge in [0, 0.05) is 51.4 Å². The largest absolute Gasteiger partial charge is 0.496 e. The predicted molar refractivity (Wildman–Crippen MR) is 134 cm³/mol. The number of guanidine groups is 1. The van der Waals surface area contributed by atoms with Gasteiger partial charge in [-0.2, -0.15) is 0 Å². The molecule has 1 aliphatic rings. The molecule has 1 aliphatic heterocycles. The molecule has 5 nitrogen and oxygen atoms in total. The van der Waals surface area contributed by atoms with E-state index in [1.807, 2.05) is 25.2 Å². The van der Waals surface area contributed by atoms with Crippen molar-refractivity contribution in [3.63, 3.8) is 0 Å². The van der Waals surface area contributed by atoms with Crippen LogP contribution in [-0.2, 0) is 16.7 Å². The monoisotopic (exact) mass is 523 g/mol. The van der Waals surface area contributed by atoms with Crippen LogP contribution in [0, 0.1) is 6.92 Å². The maximum Gasteiger partial charge on any atom is 0.193 e. The Kier molecular flexibility index (Phi) is 9.42. The molecule has 2 aromatic carbocycles. The number of methoxy groups -OCH3 is 1. The number of aliphatic imine (C=N–C) groups is 1. The Balaban J connectivity index is 0.00000320. The van der Waals surface area contributed by atoms with Gasteiger partial charge < -0.3 is 19.7 Å². The normalized spacial score (nSPS) is 15.8. The second kappa shape index (κ2) is 11.6. The molecule has 1 N–H and O–H groups in total. The molecule has 0 aliphatic carbocycles. The Morgan fingerprint density at radius 2 is 1.80 bits per heavy atom. The van der Waals surface area contributed by atoms with E-state index in [0.717, 1.165) is 56.4 Å². The Bertz CT molecular complexity index is 835. The minimum Gasteiger partial charge on any atom is -0.496 e. The summed E-state index contributed by atoms with van der Waals surface area (Å²) in [4.78, 5) is 6.67. The fourth-order valence-corrected chi connectivity index (χ4v) is 4.27. The van der Waals surface area contributed by atoms with Crippen LogP contribution in [-0.4, -0.2) is 51.8 Å². The molecule has 6 heteroatoms. The second-order valence-corrected chi connectivity index (χ2v) is 7.78. The average molecular weight is 523 g/mol. The third-order valence-electron chi connectivity index (χ3n) is 5.92. The number of ether oxygens (including phenoxy) is 2.